The average Bonchev–Trinajstić information content (AvgIpc) is 2.86. The number of aliphatic hydroxyl groups excluding tert-OH is 1. The summed E-state index contributed by atoms with van der Waals surface area (Å²) >= 11 is 1.75. The van der Waals surface area contributed by atoms with Crippen molar-refractivity contribution in [3.63, 3.8) is 0 Å². The van der Waals surface area contributed by atoms with Crippen molar-refractivity contribution in [1.29, 1.82) is 0 Å². The van der Waals surface area contributed by atoms with E-state index in [1.807, 2.05) is 19.9 Å². The maximum Gasteiger partial charge on any atom is 0.0607 e. The monoisotopic (exact) mass is 261 g/mol. The molecule has 0 bridgehead atoms. The first-order valence-corrected chi connectivity index (χ1v) is 6.97. The Morgan fingerprint density at radius 1 is 1.17 bits per heavy atom. The van der Waals surface area contributed by atoms with Crippen LogP contribution in [0, 0.1) is 0 Å². The van der Waals surface area contributed by atoms with Gasteiger partial charge in [-0.2, -0.15) is 0 Å². The molecular weight excluding hydrogens is 242 g/mol. The summed E-state index contributed by atoms with van der Waals surface area (Å²) in [5, 5.41) is 14.7. The zero-order valence-corrected chi connectivity index (χ0v) is 11.6. The summed E-state index contributed by atoms with van der Waals surface area (Å²) in [5.74, 6) is 0. The first-order chi connectivity index (χ1) is 8.61. The van der Waals surface area contributed by atoms with Crippen molar-refractivity contribution >= 4 is 11.3 Å². The van der Waals surface area contributed by atoms with Crippen LogP contribution in [0.5, 0.6) is 0 Å². The van der Waals surface area contributed by atoms with Gasteiger partial charge in [-0.3, -0.25) is 0 Å². The van der Waals surface area contributed by atoms with Gasteiger partial charge in [0.05, 0.1) is 6.61 Å². The number of thiophene rings is 1. The second-order valence-electron chi connectivity index (χ2n) is 5.06. The van der Waals surface area contributed by atoms with Crippen LogP contribution in [0.15, 0.2) is 41.8 Å². The van der Waals surface area contributed by atoms with Gasteiger partial charge in [0.15, 0.2) is 0 Å². The minimum Gasteiger partial charge on any atom is -0.394 e. The van der Waals surface area contributed by atoms with Crippen LogP contribution in [0.25, 0.3) is 11.1 Å². The molecule has 0 fully saturated rings. The van der Waals surface area contributed by atoms with E-state index in [0.717, 1.165) is 6.54 Å². The number of rotatable bonds is 5. The molecule has 1 heterocycles. The molecule has 0 aliphatic heterocycles. The first kappa shape index (κ1) is 13.3. The van der Waals surface area contributed by atoms with E-state index in [2.05, 4.69) is 41.0 Å². The zero-order chi connectivity index (χ0) is 13.0. The zero-order valence-electron chi connectivity index (χ0n) is 10.8. The van der Waals surface area contributed by atoms with Gasteiger partial charge >= 0.3 is 0 Å². The highest BCUT2D eigenvalue weighted by atomic mass is 32.1. The lowest BCUT2D eigenvalue weighted by Gasteiger charge is -2.22. The highest BCUT2D eigenvalue weighted by Gasteiger charge is 2.15. The second kappa shape index (κ2) is 5.65. The SMILES string of the molecule is CC(C)(CO)NCc1cc(-c2ccccc2)cs1. The van der Waals surface area contributed by atoms with Crippen molar-refractivity contribution in [3.8, 4) is 11.1 Å². The molecule has 0 spiro atoms. The van der Waals surface area contributed by atoms with Crippen LogP contribution in [0.2, 0.25) is 0 Å². The third-order valence-electron chi connectivity index (χ3n) is 2.90. The molecule has 0 atom stereocenters. The van der Waals surface area contributed by atoms with E-state index in [9.17, 15) is 5.11 Å². The molecule has 2 aromatic rings. The highest BCUT2D eigenvalue weighted by molar-refractivity contribution is 7.10. The van der Waals surface area contributed by atoms with E-state index < -0.39 is 0 Å². The number of hydrogen-bond acceptors (Lipinski definition) is 3. The number of nitrogens with one attached hydrogen (secondary N) is 1. The minimum atomic E-state index is -0.225. The predicted molar refractivity (Wildman–Crippen MR) is 77.8 cm³/mol. The molecule has 0 aliphatic rings. The summed E-state index contributed by atoms with van der Waals surface area (Å²) in [6.07, 6.45) is 0. The van der Waals surface area contributed by atoms with Gasteiger partial charge in [0.1, 0.15) is 0 Å². The molecule has 18 heavy (non-hydrogen) atoms. The summed E-state index contributed by atoms with van der Waals surface area (Å²) in [5.41, 5.74) is 2.29. The Labute approximate surface area is 112 Å². The van der Waals surface area contributed by atoms with E-state index in [4.69, 9.17) is 0 Å². The van der Waals surface area contributed by atoms with Gasteiger partial charge in [0, 0.05) is 17.0 Å². The summed E-state index contributed by atoms with van der Waals surface area (Å²) < 4.78 is 0. The predicted octanol–water partition coefficient (Wildman–Crippen LogP) is 3.28. The largest absolute Gasteiger partial charge is 0.394 e. The summed E-state index contributed by atoms with van der Waals surface area (Å²) in [7, 11) is 0. The molecule has 0 amide bonds. The first-order valence-electron chi connectivity index (χ1n) is 6.09. The number of benzene rings is 1. The molecule has 2 nitrogen and oxygen atoms in total. The van der Waals surface area contributed by atoms with Crippen molar-refractivity contribution in [2.75, 3.05) is 6.61 Å². The van der Waals surface area contributed by atoms with Gasteiger partial charge in [-0.25, -0.2) is 0 Å². The second-order valence-corrected chi connectivity index (χ2v) is 6.06. The standard InChI is InChI=1S/C15H19NOS/c1-15(2,11-17)16-9-14-8-13(10-18-14)12-6-4-3-5-7-12/h3-8,10,16-17H,9,11H2,1-2H3. The van der Waals surface area contributed by atoms with Gasteiger partial charge in [-0.15, -0.1) is 11.3 Å². The molecule has 3 heteroatoms. The Bertz CT molecular complexity index is 490. The lowest BCUT2D eigenvalue weighted by molar-refractivity contribution is 0.188. The van der Waals surface area contributed by atoms with Gasteiger partial charge < -0.3 is 10.4 Å². The Morgan fingerprint density at radius 2 is 1.89 bits per heavy atom. The average molecular weight is 261 g/mol. The van der Waals surface area contributed by atoms with E-state index in [-0.39, 0.29) is 12.1 Å². The van der Waals surface area contributed by atoms with Crippen LogP contribution in [-0.2, 0) is 6.54 Å². The third-order valence-corrected chi connectivity index (χ3v) is 3.83. The Balaban J connectivity index is 2.03. The Kier molecular flexibility index (Phi) is 4.17. The Morgan fingerprint density at radius 3 is 2.56 bits per heavy atom. The molecule has 0 saturated carbocycles. The number of hydrogen-bond donors (Lipinski definition) is 2. The fourth-order valence-electron chi connectivity index (χ4n) is 1.64. The number of aliphatic hydroxyl groups is 1. The van der Waals surface area contributed by atoms with Crippen LogP contribution in [0.1, 0.15) is 18.7 Å². The fraction of sp³-hybridized carbons (Fsp3) is 0.333. The quantitative estimate of drug-likeness (QED) is 0.865. The molecule has 0 unspecified atom stereocenters. The van der Waals surface area contributed by atoms with Crippen LogP contribution < -0.4 is 5.32 Å². The van der Waals surface area contributed by atoms with Crippen molar-refractivity contribution in [2.45, 2.75) is 25.9 Å². The molecule has 2 rings (SSSR count). The summed E-state index contributed by atoms with van der Waals surface area (Å²) in [6.45, 7) is 4.94. The van der Waals surface area contributed by atoms with Gasteiger partial charge in [0.25, 0.3) is 0 Å². The van der Waals surface area contributed by atoms with E-state index in [0.29, 0.717) is 0 Å². The van der Waals surface area contributed by atoms with Crippen molar-refractivity contribution in [1.82, 2.24) is 5.32 Å². The summed E-state index contributed by atoms with van der Waals surface area (Å²) in [4.78, 5) is 1.29. The molecule has 1 aromatic carbocycles. The third kappa shape index (κ3) is 3.42. The minimum absolute atomic E-state index is 0.143. The maximum atomic E-state index is 9.20. The lowest BCUT2D eigenvalue weighted by atomic mass is 10.1. The fourth-order valence-corrected chi connectivity index (χ4v) is 2.47. The van der Waals surface area contributed by atoms with E-state index in [1.165, 1.54) is 16.0 Å². The smallest absolute Gasteiger partial charge is 0.0607 e. The summed E-state index contributed by atoms with van der Waals surface area (Å²) in [6, 6.07) is 12.6. The van der Waals surface area contributed by atoms with Crippen LogP contribution in [0.3, 0.4) is 0 Å². The molecule has 96 valence electrons. The van der Waals surface area contributed by atoms with Crippen LogP contribution >= 0.6 is 11.3 Å². The Hall–Kier alpha value is -1.16. The molecule has 1 aromatic heterocycles. The van der Waals surface area contributed by atoms with Crippen molar-refractivity contribution < 1.29 is 5.11 Å². The molecule has 0 aliphatic carbocycles. The highest BCUT2D eigenvalue weighted by Crippen LogP contribution is 2.25. The van der Waals surface area contributed by atoms with Gasteiger partial charge in [-0.05, 0) is 36.4 Å². The lowest BCUT2D eigenvalue weighted by Crippen LogP contribution is -2.41. The van der Waals surface area contributed by atoms with Crippen molar-refractivity contribution in [2.24, 2.45) is 0 Å². The molecule has 0 saturated heterocycles. The van der Waals surface area contributed by atoms with Crippen molar-refractivity contribution in [3.05, 3.63) is 46.7 Å². The van der Waals surface area contributed by atoms with E-state index >= 15 is 0 Å². The van der Waals surface area contributed by atoms with E-state index in [1.54, 1.807) is 11.3 Å². The van der Waals surface area contributed by atoms with Crippen LogP contribution in [0.4, 0.5) is 0 Å². The van der Waals surface area contributed by atoms with Crippen LogP contribution in [-0.4, -0.2) is 17.3 Å². The maximum absolute atomic E-state index is 9.20. The van der Waals surface area contributed by atoms with Gasteiger partial charge in [0.2, 0.25) is 0 Å². The molecule has 2 N–H and O–H groups in total. The van der Waals surface area contributed by atoms with Gasteiger partial charge in [-0.1, -0.05) is 30.3 Å². The topological polar surface area (TPSA) is 32.3 Å². The normalized spacial score (nSPS) is 11.7. The molecular formula is C15H19NOS. The molecule has 0 radical (unpaired) electrons.